The molecule has 2 unspecified atom stereocenters. The summed E-state index contributed by atoms with van der Waals surface area (Å²) in [7, 11) is 0. The van der Waals surface area contributed by atoms with Gasteiger partial charge in [-0.25, -0.2) is 0 Å². The molecule has 0 saturated heterocycles. The predicted molar refractivity (Wildman–Crippen MR) is 266 cm³/mol. The molecular weight excluding hydrogens is 759 g/mol. The second-order valence-corrected chi connectivity index (χ2v) is 21.8. The molecule has 0 fully saturated rings. The van der Waals surface area contributed by atoms with E-state index in [1.165, 1.54) is 128 Å². The molecule has 8 aromatic carbocycles. The van der Waals surface area contributed by atoms with Crippen LogP contribution in [-0.2, 0) is 21.7 Å². The zero-order valence-electron chi connectivity index (χ0n) is 38.4. The maximum Gasteiger partial charge on any atom is 0.0543 e. The van der Waals surface area contributed by atoms with Crippen molar-refractivity contribution in [1.29, 1.82) is 0 Å². The van der Waals surface area contributed by atoms with Crippen LogP contribution in [0.1, 0.15) is 137 Å². The topological polar surface area (TPSA) is 3.24 Å². The van der Waals surface area contributed by atoms with E-state index < -0.39 is 0 Å². The largest absolute Gasteiger partial charge is 0.309 e. The summed E-state index contributed by atoms with van der Waals surface area (Å²) in [6.07, 6.45) is 0. The van der Waals surface area contributed by atoms with Crippen molar-refractivity contribution in [2.75, 3.05) is 4.90 Å². The summed E-state index contributed by atoms with van der Waals surface area (Å²) in [6, 6.07) is 54.9. The van der Waals surface area contributed by atoms with Gasteiger partial charge in [0.05, 0.1) is 5.69 Å². The van der Waals surface area contributed by atoms with Crippen LogP contribution in [0, 0.1) is 0 Å². The molecular formula is C62H55N. The van der Waals surface area contributed by atoms with Gasteiger partial charge in [0, 0.05) is 38.4 Å². The molecule has 1 heterocycles. The molecule has 0 amide bonds. The zero-order valence-corrected chi connectivity index (χ0v) is 38.4. The van der Waals surface area contributed by atoms with Gasteiger partial charge in [0.1, 0.15) is 0 Å². The molecule has 0 radical (unpaired) electrons. The fraction of sp³-hybridized carbons (Fsp3) is 0.258. The van der Waals surface area contributed by atoms with Crippen LogP contribution in [0.5, 0.6) is 0 Å². The molecule has 0 aromatic heterocycles. The molecule has 0 saturated carbocycles. The van der Waals surface area contributed by atoms with E-state index >= 15 is 0 Å². The molecule has 2 atom stereocenters. The van der Waals surface area contributed by atoms with Gasteiger partial charge in [-0.05, 0) is 160 Å². The van der Waals surface area contributed by atoms with E-state index in [-0.39, 0.29) is 33.5 Å². The number of fused-ring (bicyclic) bond motifs is 16. The lowest BCUT2D eigenvalue weighted by Crippen LogP contribution is -2.20. The SMILES string of the molecule is CC1c2cc3c(cc2N(c2cc4c(c5ccccc25)-c2cc5c(cc2C4(C)C)-c2ccccc2C5(C)C)c2cc4c(cc2C1C)-c1ccccc1C4(C)C)C(C)(C)c1ccccc1-3. The number of rotatable bonds is 1. The number of anilines is 3. The van der Waals surface area contributed by atoms with Crippen LogP contribution in [-0.4, -0.2) is 0 Å². The Bertz CT molecular complexity index is 3270. The first-order chi connectivity index (χ1) is 30.1. The molecule has 0 spiro atoms. The quantitative estimate of drug-likeness (QED) is 0.160. The molecule has 1 nitrogen and oxygen atoms in total. The fourth-order valence-electron chi connectivity index (χ4n) is 13.5. The van der Waals surface area contributed by atoms with Gasteiger partial charge in [-0.1, -0.05) is 166 Å². The van der Waals surface area contributed by atoms with Crippen molar-refractivity contribution < 1.29 is 0 Å². The fourth-order valence-corrected chi connectivity index (χ4v) is 13.5. The van der Waals surface area contributed by atoms with Gasteiger partial charge < -0.3 is 4.90 Å². The summed E-state index contributed by atoms with van der Waals surface area (Å²) >= 11 is 0. The lowest BCUT2D eigenvalue weighted by atomic mass is 9.79. The Kier molecular flexibility index (Phi) is 7.05. The smallest absolute Gasteiger partial charge is 0.0543 e. The molecule has 63 heavy (non-hydrogen) atoms. The van der Waals surface area contributed by atoms with Crippen molar-refractivity contribution in [3.63, 3.8) is 0 Å². The predicted octanol–water partition coefficient (Wildman–Crippen LogP) is 16.8. The highest BCUT2D eigenvalue weighted by Crippen LogP contribution is 2.62. The second kappa shape index (κ2) is 11.9. The average Bonchev–Trinajstić information content (AvgIpc) is 3.82. The van der Waals surface area contributed by atoms with Gasteiger partial charge in [0.2, 0.25) is 0 Å². The maximum absolute atomic E-state index is 2.74. The van der Waals surface area contributed by atoms with Crippen LogP contribution in [0.25, 0.3) is 55.3 Å². The van der Waals surface area contributed by atoms with Gasteiger partial charge >= 0.3 is 0 Å². The first-order valence-electron chi connectivity index (χ1n) is 23.3. The lowest BCUT2D eigenvalue weighted by Gasteiger charge is -2.33. The monoisotopic (exact) mass is 813 g/mol. The highest BCUT2D eigenvalue weighted by Gasteiger charge is 2.45. The summed E-state index contributed by atoms with van der Waals surface area (Å²) in [5.41, 5.74) is 28.7. The molecule has 1 heteroatoms. The van der Waals surface area contributed by atoms with Crippen LogP contribution in [0.3, 0.4) is 0 Å². The van der Waals surface area contributed by atoms with Crippen molar-refractivity contribution in [3.8, 4) is 44.5 Å². The van der Waals surface area contributed by atoms with Crippen molar-refractivity contribution in [2.24, 2.45) is 0 Å². The summed E-state index contributed by atoms with van der Waals surface area (Å²) in [6.45, 7) is 24.5. The number of hydrogen-bond acceptors (Lipinski definition) is 1. The zero-order chi connectivity index (χ0) is 43.3. The van der Waals surface area contributed by atoms with Gasteiger partial charge in [-0.15, -0.1) is 0 Å². The van der Waals surface area contributed by atoms with E-state index in [9.17, 15) is 0 Å². The second-order valence-electron chi connectivity index (χ2n) is 21.8. The Morgan fingerprint density at radius 2 is 0.667 bits per heavy atom. The number of hydrogen-bond donors (Lipinski definition) is 0. The molecule has 0 bridgehead atoms. The molecule has 13 rings (SSSR count). The summed E-state index contributed by atoms with van der Waals surface area (Å²) in [5, 5.41) is 2.63. The van der Waals surface area contributed by atoms with E-state index in [0.717, 1.165) is 0 Å². The van der Waals surface area contributed by atoms with Gasteiger partial charge in [0.15, 0.2) is 0 Å². The van der Waals surface area contributed by atoms with Gasteiger partial charge in [-0.2, -0.15) is 0 Å². The first-order valence-corrected chi connectivity index (χ1v) is 23.3. The number of benzene rings is 8. The summed E-state index contributed by atoms with van der Waals surface area (Å²) in [5.74, 6) is 0.560. The molecule has 5 aliphatic rings. The molecule has 4 aliphatic carbocycles. The Balaban J connectivity index is 1.13. The van der Waals surface area contributed by atoms with Crippen LogP contribution in [0.2, 0.25) is 0 Å². The molecule has 8 aromatic rings. The van der Waals surface area contributed by atoms with Gasteiger partial charge in [-0.3, -0.25) is 0 Å². The van der Waals surface area contributed by atoms with E-state index in [1.54, 1.807) is 0 Å². The van der Waals surface area contributed by atoms with Crippen LogP contribution in [0.4, 0.5) is 17.1 Å². The Labute approximate surface area is 373 Å². The maximum atomic E-state index is 2.74. The van der Waals surface area contributed by atoms with Crippen molar-refractivity contribution >= 4 is 27.8 Å². The Hall–Kier alpha value is -6.18. The van der Waals surface area contributed by atoms with Gasteiger partial charge in [0.25, 0.3) is 0 Å². The summed E-state index contributed by atoms with van der Waals surface area (Å²) in [4.78, 5) is 2.74. The van der Waals surface area contributed by atoms with E-state index in [0.29, 0.717) is 0 Å². The van der Waals surface area contributed by atoms with Crippen LogP contribution in [0.15, 0.2) is 140 Å². The van der Waals surface area contributed by atoms with E-state index in [1.807, 2.05) is 0 Å². The molecule has 0 N–H and O–H groups in total. The standard InChI is InChI=1S/C62H55N/c1-34-35(2)42-28-44-37-20-14-17-25-48(37)61(7,8)53(44)32-57(42)63(56-31-52-43(27-41(34)56)36-19-13-16-24-47(36)60(52,5)6)55-33-54-58(40-23-12-11-22-39(40)55)46-30-50-45(29-51(46)62(54,9)10)38-21-15-18-26-49(38)59(50,3)4/h11-35H,1-10H3. The minimum absolute atomic E-state index is 0.0716. The summed E-state index contributed by atoms with van der Waals surface area (Å²) < 4.78 is 0. The third-order valence-electron chi connectivity index (χ3n) is 17.3. The van der Waals surface area contributed by atoms with Crippen molar-refractivity contribution in [1.82, 2.24) is 0 Å². The highest BCUT2D eigenvalue weighted by atomic mass is 15.2. The minimum atomic E-state index is -0.221. The highest BCUT2D eigenvalue weighted by molar-refractivity contribution is 6.11. The molecule has 308 valence electrons. The van der Waals surface area contributed by atoms with E-state index in [2.05, 4.69) is 214 Å². The first kappa shape index (κ1) is 37.4. The van der Waals surface area contributed by atoms with E-state index in [4.69, 9.17) is 0 Å². The third-order valence-corrected chi connectivity index (χ3v) is 17.3. The average molecular weight is 814 g/mol. The number of nitrogens with zero attached hydrogens (tertiary/aromatic N) is 1. The minimum Gasteiger partial charge on any atom is -0.309 e. The van der Waals surface area contributed by atoms with Crippen LogP contribution < -0.4 is 4.90 Å². The lowest BCUT2D eigenvalue weighted by molar-refractivity contribution is 0.628. The van der Waals surface area contributed by atoms with Crippen LogP contribution >= 0.6 is 0 Å². The molecule has 1 aliphatic heterocycles. The van der Waals surface area contributed by atoms with Crippen molar-refractivity contribution in [2.45, 2.75) is 103 Å². The Morgan fingerprint density at radius 3 is 1.16 bits per heavy atom. The normalized spacial score (nSPS) is 20.1. The van der Waals surface area contributed by atoms with Crippen molar-refractivity contribution in [3.05, 3.63) is 195 Å². The Morgan fingerprint density at radius 1 is 0.317 bits per heavy atom. The third kappa shape index (κ3) is 4.49.